The molecule has 9 nitrogen and oxygen atoms in total. The van der Waals surface area contributed by atoms with Crippen LogP contribution in [0.3, 0.4) is 0 Å². The van der Waals surface area contributed by atoms with E-state index in [9.17, 15) is 0 Å². The van der Waals surface area contributed by atoms with Gasteiger partial charge in [0.05, 0.1) is 12.2 Å². The van der Waals surface area contributed by atoms with Crippen molar-refractivity contribution in [2.75, 3.05) is 30.9 Å². The summed E-state index contributed by atoms with van der Waals surface area (Å²) in [6.45, 7) is 0.578. The Morgan fingerprint density at radius 2 is 1.76 bits per heavy atom. The van der Waals surface area contributed by atoms with Gasteiger partial charge in [0.25, 0.3) is 0 Å². The number of hydrogen-bond donors (Lipinski definition) is 0. The maximum absolute atomic E-state index is 4.67. The van der Waals surface area contributed by atoms with Gasteiger partial charge in [0.1, 0.15) is 6.33 Å². The Hall–Kier alpha value is -2.84. The second-order valence-corrected chi connectivity index (χ2v) is 4.73. The molecular weight excluding hydrogens is 272 g/mol. The van der Waals surface area contributed by atoms with Crippen molar-refractivity contribution >= 4 is 22.9 Å². The van der Waals surface area contributed by atoms with E-state index in [1.54, 1.807) is 6.20 Å². The average Bonchev–Trinajstić information content (AvgIpc) is 2.94. The summed E-state index contributed by atoms with van der Waals surface area (Å²) in [7, 11) is 5.70. The van der Waals surface area contributed by atoms with Gasteiger partial charge in [0.15, 0.2) is 11.6 Å². The Balaban J connectivity index is 1.99. The zero-order valence-corrected chi connectivity index (χ0v) is 11.9. The fraction of sp³-hybridized carbons (Fsp3) is 0.333. The minimum Gasteiger partial charge on any atom is -0.360 e. The van der Waals surface area contributed by atoms with E-state index in [2.05, 4.69) is 34.9 Å². The molecular formula is C12H14N8O. The van der Waals surface area contributed by atoms with Gasteiger partial charge in [-0.2, -0.15) is 0 Å². The summed E-state index contributed by atoms with van der Waals surface area (Å²) in [5.41, 5.74) is 1.65. The van der Waals surface area contributed by atoms with Gasteiger partial charge in [-0.25, -0.2) is 24.6 Å². The molecule has 3 heterocycles. The summed E-state index contributed by atoms with van der Waals surface area (Å²) in [6, 6.07) is 1.86. The molecule has 108 valence electrons. The molecule has 0 aliphatic rings. The van der Waals surface area contributed by atoms with E-state index in [0.29, 0.717) is 29.5 Å². The molecule has 0 bridgehead atoms. The van der Waals surface area contributed by atoms with E-state index < -0.39 is 0 Å². The fourth-order valence-electron chi connectivity index (χ4n) is 1.91. The summed E-state index contributed by atoms with van der Waals surface area (Å²) in [5.74, 6) is 1.37. The molecule has 0 radical (unpaired) electrons. The molecule has 0 aliphatic heterocycles. The molecule has 9 heteroatoms. The molecule has 0 atom stereocenters. The minimum atomic E-state index is 0.380. The standard InChI is InChI=1S/C12H14N8O/c1-19(2)11-12(16-10-9(15-11)17-21-18-10)20(3)6-8-4-5-13-7-14-8/h4-5,7H,6H2,1-3H3. The Morgan fingerprint density at radius 3 is 2.38 bits per heavy atom. The van der Waals surface area contributed by atoms with Gasteiger partial charge >= 0.3 is 0 Å². The van der Waals surface area contributed by atoms with E-state index >= 15 is 0 Å². The van der Waals surface area contributed by atoms with Crippen molar-refractivity contribution in [3.8, 4) is 0 Å². The molecule has 3 aromatic heterocycles. The third-order valence-electron chi connectivity index (χ3n) is 2.91. The van der Waals surface area contributed by atoms with Crippen LogP contribution in [0.2, 0.25) is 0 Å². The lowest BCUT2D eigenvalue weighted by Gasteiger charge is -2.22. The highest BCUT2D eigenvalue weighted by Gasteiger charge is 2.17. The third-order valence-corrected chi connectivity index (χ3v) is 2.91. The number of aromatic nitrogens is 6. The lowest BCUT2D eigenvalue weighted by molar-refractivity contribution is 0.314. The van der Waals surface area contributed by atoms with Crippen molar-refractivity contribution < 1.29 is 4.63 Å². The molecule has 0 N–H and O–H groups in total. The number of anilines is 2. The molecule has 0 saturated carbocycles. The van der Waals surface area contributed by atoms with E-state index in [1.807, 2.05) is 37.0 Å². The molecule has 3 rings (SSSR count). The molecule has 0 aliphatic carbocycles. The zero-order chi connectivity index (χ0) is 14.8. The number of rotatable bonds is 4. The number of hydrogen-bond acceptors (Lipinski definition) is 9. The van der Waals surface area contributed by atoms with Crippen molar-refractivity contribution in [2.24, 2.45) is 0 Å². The number of nitrogens with zero attached hydrogens (tertiary/aromatic N) is 8. The summed E-state index contributed by atoms with van der Waals surface area (Å²) in [4.78, 5) is 20.8. The quantitative estimate of drug-likeness (QED) is 0.679. The van der Waals surface area contributed by atoms with Crippen molar-refractivity contribution in [3.05, 3.63) is 24.3 Å². The first-order valence-corrected chi connectivity index (χ1v) is 6.29. The molecule has 21 heavy (non-hydrogen) atoms. The van der Waals surface area contributed by atoms with Crippen LogP contribution in [0, 0.1) is 0 Å². The van der Waals surface area contributed by atoms with Crippen molar-refractivity contribution in [3.63, 3.8) is 0 Å². The smallest absolute Gasteiger partial charge is 0.245 e. The second kappa shape index (κ2) is 5.27. The van der Waals surface area contributed by atoms with Crippen LogP contribution >= 0.6 is 0 Å². The Kier molecular flexibility index (Phi) is 3.30. The fourth-order valence-corrected chi connectivity index (χ4v) is 1.91. The van der Waals surface area contributed by atoms with Crippen LogP contribution in [-0.4, -0.2) is 51.4 Å². The van der Waals surface area contributed by atoms with Gasteiger partial charge in [-0.15, -0.1) is 0 Å². The molecule has 0 amide bonds. The highest BCUT2D eigenvalue weighted by atomic mass is 16.6. The predicted octanol–water partition coefficient (Wildman–Crippen LogP) is 0.505. The zero-order valence-electron chi connectivity index (χ0n) is 11.9. The molecule has 0 spiro atoms. The van der Waals surface area contributed by atoms with E-state index in [4.69, 9.17) is 0 Å². The van der Waals surface area contributed by atoms with E-state index in [1.165, 1.54) is 6.33 Å². The van der Waals surface area contributed by atoms with E-state index in [0.717, 1.165) is 5.69 Å². The maximum Gasteiger partial charge on any atom is 0.245 e. The molecule has 0 unspecified atom stereocenters. The van der Waals surface area contributed by atoms with Crippen molar-refractivity contribution in [1.29, 1.82) is 0 Å². The lowest BCUT2D eigenvalue weighted by atomic mass is 10.3. The van der Waals surface area contributed by atoms with Gasteiger partial charge in [-0.05, 0) is 16.4 Å². The van der Waals surface area contributed by atoms with Gasteiger partial charge < -0.3 is 9.80 Å². The highest BCUT2D eigenvalue weighted by molar-refractivity contribution is 5.74. The second-order valence-electron chi connectivity index (χ2n) is 4.73. The van der Waals surface area contributed by atoms with Crippen LogP contribution in [0.25, 0.3) is 11.3 Å². The maximum atomic E-state index is 4.67. The monoisotopic (exact) mass is 286 g/mol. The van der Waals surface area contributed by atoms with Gasteiger partial charge in [0, 0.05) is 27.3 Å². The largest absolute Gasteiger partial charge is 0.360 e. The van der Waals surface area contributed by atoms with Gasteiger partial charge in [-0.1, -0.05) is 0 Å². The van der Waals surface area contributed by atoms with Crippen LogP contribution in [0.15, 0.2) is 23.2 Å². The Bertz CT molecular complexity index is 741. The first-order valence-electron chi connectivity index (χ1n) is 6.29. The number of fused-ring (bicyclic) bond motifs is 1. The summed E-state index contributed by atoms with van der Waals surface area (Å²) in [5, 5.41) is 7.46. The molecule has 3 aromatic rings. The Labute approximate surface area is 120 Å². The van der Waals surface area contributed by atoms with Crippen LogP contribution in [0.4, 0.5) is 11.6 Å². The molecule has 0 aromatic carbocycles. The summed E-state index contributed by atoms with van der Waals surface area (Å²) < 4.78 is 4.67. The first-order chi connectivity index (χ1) is 10.1. The molecule has 0 fully saturated rings. The lowest BCUT2D eigenvalue weighted by Crippen LogP contribution is -2.23. The SMILES string of the molecule is CN(C)c1nc2nonc2nc1N(C)Cc1ccncn1. The topological polar surface area (TPSA) is 97.0 Å². The normalized spacial score (nSPS) is 10.8. The van der Waals surface area contributed by atoms with Crippen molar-refractivity contribution in [2.45, 2.75) is 6.54 Å². The van der Waals surface area contributed by atoms with Crippen LogP contribution in [-0.2, 0) is 6.54 Å². The third kappa shape index (κ3) is 2.57. The van der Waals surface area contributed by atoms with Crippen LogP contribution in [0.1, 0.15) is 5.69 Å². The van der Waals surface area contributed by atoms with E-state index in [-0.39, 0.29) is 0 Å². The first kappa shape index (κ1) is 13.2. The predicted molar refractivity (Wildman–Crippen MR) is 75.9 cm³/mol. The van der Waals surface area contributed by atoms with Gasteiger partial charge in [0.2, 0.25) is 11.3 Å². The minimum absolute atomic E-state index is 0.380. The summed E-state index contributed by atoms with van der Waals surface area (Å²) in [6.07, 6.45) is 3.23. The molecule has 0 saturated heterocycles. The summed E-state index contributed by atoms with van der Waals surface area (Å²) >= 11 is 0. The Morgan fingerprint density at radius 1 is 1.05 bits per heavy atom. The van der Waals surface area contributed by atoms with Crippen molar-refractivity contribution in [1.82, 2.24) is 30.2 Å². The van der Waals surface area contributed by atoms with Crippen LogP contribution in [0.5, 0.6) is 0 Å². The average molecular weight is 286 g/mol. The van der Waals surface area contributed by atoms with Gasteiger partial charge in [-0.3, -0.25) is 0 Å². The highest BCUT2D eigenvalue weighted by Crippen LogP contribution is 2.25. The van der Waals surface area contributed by atoms with Crippen LogP contribution < -0.4 is 9.80 Å².